The fraction of sp³-hybridized carbons (Fsp3) is 0.833. The molecule has 0 aromatic rings. The molecule has 2 fully saturated rings. The molecule has 1 atom stereocenters. The Morgan fingerprint density at radius 1 is 1.32 bits per heavy atom. The summed E-state index contributed by atoms with van der Waals surface area (Å²) in [4.78, 5) is 13.9. The van der Waals surface area contributed by atoms with Crippen molar-refractivity contribution in [2.45, 2.75) is 50.5 Å². The molecular weight excluding hydrogens is 256 g/mol. The number of nitrogens with two attached hydrogens (primary N) is 1. The average molecular weight is 275 g/mol. The van der Waals surface area contributed by atoms with Gasteiger partial charge in [-0.2, -0.15) is 0 Å². The van der Waals surface area contributed by atoms with E-state index in [1.54, 1.807) is 4.90 Å². The van der Waals surface area contributed by atoms with Crippen molar-refractivity contribution in [2.75, 3.05) is 6.54 Å². The van der Waals surface area contributed by atoms with Crippen LogP contribution in [0.4, 0.5) is 8.78 Å². The molecule has 0 spiro atoms. The summed E-state index contributed by atoms with van der Waals surface area (Å²) in [7, 11) is 0. The molecule has 19 heavy (non-hydrogen) atoms. The zero-order valence-electron chi connectivity index (χ0n) is 10.7. The Hall–Kier alpha value is -1.40. The van der Waals surface area contributed by atoms with Gasteiger partial charge in [0.15, 0.2) is 5.84 Å². The molecule has 0 radical (unpaired) electrons. The third-order valence-corrected chi connectivity index (χ3v) is 4.06. The van der Waals surface area contributed by atoms with Gasteiger partial charge in [-0.25, -0.2) is 8.78 Å². The van der Waals surface area contributed by atoms with E-state index in [-0.39, 0.29) is 49.4 Å². The highest BCUT2D eigenvalue weighted by atomic mass is 19.3. The van der Waals surface area contributed by atoms with Crippen molar-refractivity contribution in [3.05, 3.63) is 0 Å². The van der Waals surface area contributed by atoms with Crippen molar-refractivity contribution in [3.63, 3.8) is 0 Å². The first kappa shape index (κ1) is 14.0. The number of carbonyl (C=O) groups is 1. The van der Waals surface area contributed by atoms with E-state index >= 15 is 0 Å². The monoisotopic (exact) mass is 275 g/mol. The molecule has 1 heterocycles. The Kier molecular flexibility index (Phi) is 3.91. The van der Waals surface area contributed by atoms with Crippen LogP contribution in [0, 0.1) is 5.92 Å². The maximum Gasteiger partial charge on any atom is 0.248 e. The smallest absolute Gasteiger partial charge is 0.248 e. The van der Waals surface area contributed by atoms with E-state index in [4.69, 9.17) is 10.9 Å². The summed E-state index contributed by atoms with van der Waals surface area (Å²) < 4.78 is 26.2. The fourth-order valence-electron chi connectivity index (χ4n) is 2.93. The molecular formula is C12H19F2N3O2. The van der Waals surface area contributed by atoms with E-state index < -0.39 is 5.92 Å². The molecule has 3 N–H and O–H groups in total. The predicted octanol–water partition coefficient (Wildman–Crippen LogP) is 1.55. The molecule has 108 valence electrons. The average Bonchev–Trinajstić information content (AvgIpc) is 2.86. The number of likely N-dealkylation sites (tertiary alicyclic amines) is 1. The lowest BCUT2D eigenvalue weighted by molar-refractivity contribution is -0.139. The zero-order chi connectivity index (χ0) is 14.0. The van der Waals surface area contributed by atoms with Gasteiger partial charge in [-0.3, -0.25) is 4.79 Å². The summed E-state index contributed by atoms with van der Waals surface area (Å²) >= 11 is 0. The maximum absolute atomic E-state index is 13.1. The minimum absolute atomic E-state index is 0.0204. The lowest BCUT2D eigenvalue weighted by atomic mass is 9.85. The number of hydrogen-bond acceptors (Lipinski definition) is 3. The van der Waals surface area contributed by atoms with Gasteiger partial charge in [-0.1, -0.05) is 5.16 Å². The van der Waals surface area contributed by atoms with Crippen LogP contribution in [0.15, 0.2) is 5.16 Å². The Morgan fingerprint density at radius 2 is 1.95 bits per heavy atom. The molecule has 5 nitrogen and oxygen atoms in total. The summed E-state index contributed by atoms with van der Waals surface area (Å²) in [6.07, 6.45) is 1.41. The molecule has 1 aliphatic carbocycles. The van der Waals surface area contributed by atoms with E-state index in [0.717, 1.165) is 6.42 Å². The predicted molar refractivity (Wildman–Crippen MR) is 65.0 cm³/mol. The number of amidine groups is 1. The summed E-state index contributed by atoms with van der Waals surface area (Å²) in [5.74, 6) is -3.10. The fourth-order valence-corrected chi connectivity index (χ4v) is 2.93. The van der Waals surface area contributed by atoms with Crippen LogP contribution >= 0.6 is 0 Å². The highest BCUT2D eigenvalue weighted by Gasteiger charge is 2.41. The van der Waals surface area contributed by atoms with Gasteiger partial charge in [0.25, 0.3) is 0 Å². The highest BCUT2D eigenvalue weighted by Crippen LogP contribution is 2.37. The second-order valence-corrected chi connectivity index (χ2v) is 5.34. The Morgan fingerprint density at radius 3 is 2.53 bits per heavy atom. The zero-order valence-corrected chi connectivity index (χ0v) is 10.7. The van der Waals surface area contributed by atoms with E-state index in [0.29, 0.717) is 13.0 Å². The van der Waals surface area contributed by atoms with Crippen LogP contribution in [0.1, 0.15) is 38.5 Å². The minimum Gasteiger partial charge on any atom is -0.409 e. The largest absolute Gasteiger partial charge is 0.409 e. The first-order valence-corrected chi connectivity index (χ1v) is 6.60. The van der Waals surface area contributed by atoms with E-state index in [1.165, 1.54) is 0 Å². The molecule has 1 unspecified atom stereocenters. The molecule has 2 aliphatic rings. The van der Waals surface area contributed by atoms with Crippen LogP contribution in [0.25, 0.3) is 0 Å². The van der Waals surface area contributed by atoms with Gasteiger partial charge in [0.05, 0.1) is 6.04 Å². The molecule has 0 aromatic heterocycles. The topological polar surface area (TPSA) is 78.9 Å². The van der Waals surface area contributed by atoms with Gasteiger partial charge >= 0.3 is 0 Å². The van der Waals surface area contributed by atoms with Gasteiger partial charge < -0.3 is 15.8 Å². The van der Waals surface area contributed by atoms with Crippen molar-refractivity contribution in [3.8, 4) is 0 Å². The SMILES string of the molecule is NC(=NO)C1CCCN1C(=O)C1CCC(F)(F)CC1. The second-order valence-electron chi connectivity index (χ2n) is 5.34. The van der Waals surface area contributed by atoms with Crippen molar-refractivity contribution >= 4 is 11.7 Å². The standard InChI is InChI=1S/C12H19F2N3O2/c13-12(14)5-3-8(4-6-12)11(18)17-7-1-2-9(17)10(15)16-19/h8-9,19H,1-7H2,(H2,15,16). The van der Waals surface area contributed by atoms with Crippen molar-refractivity contribution in [2.24, 2.45) is 16.8 Å². The van der Waals surface area contributed by atoms with Gasteiger partial charge in [0.1, 0.15) is 0 Å². The molecule has 1 saturated carbocycles. The van der Waals surface area contributed by atoms with Crippen LogP contribution in [0.5, 0.6) is 0 Å². The van der Waals surface area contributed by atoms with Gasteiger partial charge in [-0.05, 0) is 25.7 Å². The van der Waals surface area contributed by atoms with E-state index in [2.05, 4.69) is 5.16 Å². The van der Waals surface area contributed by atoms with Crippen molar-refractivity contribution in [1.82, 2.24) is 4.90 Å². The normalized spacial score (nSPS) is 28.6. The van der Waals surface area contributed by atoms with Gasteiger partial charge in [0, 0.05) is 25.3 Å². The second kappa shape index (κ2) is 5.30. The summed E-state index contributed by atoms with van der Waals surface area (Å²) in [5.41, 5.74) is 5.57. The minimum atomic E-state index is -2.63. The number of rotatable bonds is 2. The first-order valence-electron chi connectivity index (χ1n) is 6.60. The number of carbonyl (C=O) groups excluding carboxylic acids is 1. The van der Waals surface area contributed by atoms with Crippen LogP contribution in [0.3, 0.4) is 0 Å². The van der Waals surface area contributed by atoms with Crippen LogP contribution in [0.2, 0.25) is 0 Å². The number of amides is 1. The number of hydrogen-bond donors (Lipinski definition) is 2. The molecule has 1 saturated heterocycles. The van der Waals surface area contributed by atoms with E-state index in [1.807, 2.05) is 0 Å². The number of alkyl halides is 2. The number of oxime groups is 1. The first-order chi connectivity index (χ1) is 8.94. The summed E-state index contributed by atoms with van der Waals surface area (Å²) in [6, 6.07) is -0.389. The Bertz CT molecular complexity index is 377. The molecule has 0 aromatic carbocycles. The van der Waals surface area contributed by atoms with Crippen LogP contribution in [-0.2, 0) is 4.79 Å². The molecule has 1 amide bonds. The van der Waals surface area contributed by atoms with Gasteiger partial charge in [0.2, 0.25) is 11.8 Å². The lowest BCUT2D eigenvalue weighted by Gasteiger charge is -2.32. The number of nitrogens with zero attached hydrogens (tertiary/aromatic N) is 2. The summed E-state index contributed by atoms with van der Waals surface area (Å²) in [6.45, 7) is 0.548. The van der Waals surface area contributed by atoms with Crippen LogP contribution < -0.4 is 5.73 Å². The van der Waals surface area contributed by atoms with Gasteiger partial charge in [-0.15, -0.1) is 0 Å². The quantitative estimate of drug-likeness (QED) is 0.347. The summed E-state index contributed by atoms with van der Waals surface area (Å²) in [5, 5.41) is 11.7. The van der Waals surface area contributed by atoms with E-state index in [9.17, 15) is 13.6 Å². The van der Waals surface area contributed by atoms with Crippen molar-refractivity contribution in [1.29, 1.82) is 0 Å². The number of halogens is 2. The van der Waals surface area contributed by atoms with Crippen LogP contribution in [-0.4, -0.2) is 40.4 Å². The Balaban J connectivity index is 2.00. The molecule has 0 bridgehead atoms. The highest BCUT2D eigenvalue weighted by molar-refractivity contribution is 5.91. The maximum atomic E-state index is 13.1. The third-order valence-electron chi connectivity index (χ3n) is 4.06. The molecule has 1 aliphatic heterocycles. The third kappa shape index (κ3) is 2.96. The lowest BCUT2D eigenvalue weighted by Crippen LogP contribution is -2.47. The molecule has 7 heteroatoms. The molecule has 2 rings (SSSR count). The van der Waals surface area contributed by atoms with Crippen molar-refractivity contribution < 1.29 is 18.8 Å². The Labute approximate surface area is 110 Å².